The van der Waals surface area contributed by atoms with Crippen LogP contribution >= 0.6 is 0 Å². The number of carbonyl (C=O) groups excluding carboxylic acids is 1. The average molecular weight is 298 g/mol. The molecule has 1 aliphatic carbocycles. The van der Waals surface area contributed by atoms with E-state index in [0.717, 1.165) is 36.5 Å². The second-order valence-electron chi connectivity index (χ2n) is 7.33. The second-order valence-corrected chi connectivity index (χ2v) is 7.33. The Morgan fingerprint density at radius 1 is 1.14 bits per heavy atom. The number of carbonyl (C=O) groups is 1. The molecule has 2 saturated heterocycles. The van der Waals surface area contributed by atoms with Crippen LogP contribution in [0.3, 0.4) is 0 Å². The van der Waals surface area contributed by atoms with Gasteiger partial charge in [0.1, 0.15) is 0 Å². The number of hydrogen-bond acceptors (Lipinski definition) is 2. The Balaban J connectivity index is 1.37. The lowest BCUT2D eigenvalue weighted by Crippen LogP contribution is -2.29. The molecule has 0 bridgehead atoms. The Hall–Kier alpha value is -1.35. The summed E-state index contributed by atoms with van der Waals surface area (Å²) in [6, 6.07) is 9.57. The molecule has 0 aromatic heterocycles. The van der Waals surface area contributed by atoms with Crippen molar-refractivity contribution in [1.82, 2.24) is 4.90 Å². The highest BCUT2D eigenvalue weighted by atomic mass is 16.2. The summed E-state index contributed by atoms with van der Waals surface area (Å²) in [5.74, 6) is 1.87. The molecular weight excluding hydrogens is 272 g/mol. The van der Waals surface area contributed by atoms with Crippen molar-refractivity contribution in [2.45, 2.75) is 51.0 Å². The summed E-state index contributed by atoms with van der Waals surface area (Å²) in [6.45, 7) is 5.82. The minimum Gasteiger partial charge on any atom is -0.312 e. The molecule has 118 valence electrons. The predicted octanol–water partition coefficient (Wildman–Crippen LogP) is 3.40. The van der Waals surface area contributed by atoms with Gasteiger partial charge in [-0.1, -0.05) is 12.1 Å². The highest BCUT2D eigenvalue weighted by molar-refractivity contribution is 5.95. The standard InChI is InChI=1S/C19H26N2O/c1-14-4-2-10-20(14)13-16-12-18(16)15-6-8-17(9-7-15)21-11-3-5-19(21)22/h6-9,14,16,18H,2-5,10-13H2,1H3/t14-,16?,18+/m0/s1. The van der Waals surface area contributed by atoms with Gasteiger partial charge in [0, 0.05) is 31.2 Å². The third kappa shape index (κ3) is 2.67. The van der Waals surface area contributed by atoms with Gasteiger partial charge in [-0.3, -0.25) is 4.79 Å². The van der Waals surface area contributed by atoms with E-state index >= 15 is 0 Å². The molecule has 1 saturated carbocycles. The van der Waals surface area contributed by atoms with E-state index in [1.807, 2.05) is 4.90 Å². The number of hydrogen-bond donors (Lipinski definition) is 0. The zero-order chi connectivity index (χ0) is 15.1. The topological polar surface area (TPSA) is 23.6 Å². The van der Waals surface area contributed by atoms with Crippen molar-refractivity contribution in [3.8, 4) is 0 Å². The molecule has 22 heavy (non-hydrogen) atoms. The summed E-state index contributed by atoms with van der Waals surface area (Å²) < 4.78 is 0. The Kier molecular flexibility index (Phi) is 3.69. The first-order valence-electron chi connectivity index (χ1n) is 8.87. The monoisotopic (exact) mass is 298 g/mol. The summed E-state index contributed by atoms with van der Waals surface area (Å²) in [4.78, 5) is 16.4. The zero-order valence-corrected chi connectivity index (χ0v) is 13.5. The van der Waals surface area contributed by atoms with E-state index < -0.39 is 0 Å². The first-order valence-corrected chi connectivity index (χ1v) is 8.87. The van der Waals surface area contributed by atoms with Crippen molar-refractivity contribution < 1.29 is 4.79 Å². The molecule has 0 radical (unpaired) electrons. The Bertz CT molecular complexity index is 553. The van der Waals surface area contributed by atoms with Gasteiger partial charge in [0.15, 0.2) is 0 Å². The van der Waals surface area contributed by atoms with Crippen LogP contribution in [0.15, 0.2) is 24.3 Å². The summed E-state index contributed by atoms with van der Waals surface area (Å²) in [7, 11) is 0. The molecule has 3 fully saturated rings. The Labute approximate surface area is 133 Å². The highest BCUT2D eigenvalue weighted by Crippen LogP contribution is 2.48. The molecule has 1 aromatic rings. The van der Waals surface area contributed by atoms with E-state index in [-0.39, 0.29) is 5.91 Å². The van der Waals surface area contributed by atoms with Gasteiger partial charge >= 0.3 is 0 Å². The van der Waals surface area contributed by atoms with Crippen LogP contribution in [0.5, 0.6) is 0 Å². The number of nitrogens with zero attached hydrogens (tertiary/aromatic N) is 2. The first kappa shape index (κ1) is 14.3. The van der Waals surface area contributed by atoms with Gasteiger partial charge in [-0.15, -0.1) is 0 Å². The van der Waals surface area contributed by atoms with Gasteiger partial charge < -0.3 is 9.80 Å². The fourth-order valence-corrected chi connectivity index (χ4v) is 4.25. The van der Waals surface area contributed by atoms with Gasteiger partial charge in [-0.25, -0.2) is 0 Å². The number of likely N-dealkylation sites (tertiary alicyclic amines) is 1. The van der Waals surface area contributed by atoms with E-state index in [2.05, 4.69) is 36.1 Å². The molecule has 3 nitrogen and oxygen atoms in total. The largest absolute Gasteiger partial charge is 0.312 e. The second kappa shape index (κ2) is 5.69. The number of amides is 1. The lowest BCUT2D eigenvalue weighted by Gasteiger charge is -2.21. The van der Waals surface area contributed by atoms with Crippen LogP contribution in [0.4, 0.5) is 5.69 Å². The lowest BCUT2D eigenvalue weighted by atomic mass is 10.1. The number of anilines is 1. The van der Waals surface area contributed by atoms with Crippen molar-refractivity contribution in [3.63, 3.8) is 0 Å². The molecule has 4 rings (SSSR count). The molecule has 1 aromatic carbocycles. The third-order valence-corrected chi connectivity index (χ3v) is 5.79. The van der Waals surface area contributed by atoms with E-state index in [0.29, 0.717) is 6.42 Å². The third-order valence-electron chi connectivity index (χ3n) is 5.79. The van der Waals surface area contributed by atoms with Crippen LogP contribution in [-0.2, 0) is 4.79 Å². The van der Waals surface area contributed by atoms with Gasteiger partial charge in [-0.05, 0) is 68.7 Å². The van der Waals surface area contributed by atoms with E-state index in [4.69, 9.17) is 0 Å². The number of rotatable bonds is 4. The Morgan fingerprint density at radius 2 is 1.95 bits per heavy atom. The summed E-state index contributed by atoms with van der Waals surface area (Å²) in [5, 5.41) is 0. The fourth-order valence-electron chi connectivity index (χ4n) is 4.25. The summed E-state index contributed by atoms with van der Waals surface area (Å²) in [5.41, 5.74) is 2.55. The van der Waals surface area contributed by atoms with Crippen molar-refractivity contribution in [2.24, 2.45) is 5.92 Å². The molecule has 3 heteroatoms. The maximum absolute atomic E-state index is 11.8. The minimum atomic E-state index is 0.278. The molecule has 2 aliphatic heterocycles. The molecule has 3 aliphatic rings. The number of benzene rings is 1. The van der Waals surface area contributed by atoms with E-state index in [1.165, 1.54) is 37.9 Å². The molecule has 0 spiro atoms. The van der Waals surface area contributed by atoms with Crippen molar-refractivity contribution in [1.29, 1.82) is 0 Å². The summed E-state index contributed by atoms with van der Waals surface area (Å²) in [6.07, 6.45) is 5.79. The first-order chi connectivity index (χ1) is 10.7. The van der Waals surface area contributed by atoms with Crippen LogP contribution in [0.2, 0.25) is 0 Å². The summed E-state index contributed by atoms with van der Waals surface area (Å²) >= 11 is 0. The maximum Gasteiger partial charge on any atom is 0.227 e. The van der Waals surface area contributed by atoms with Gasteiger partial charge in [0.2, 0.25) is 5.91 Å². The molecule has 2 heterocycles. The highest BCUT2D eigenvalue weighted by Gasteiger charge is 2.40. The van der Waals surface area contributed by atoms with E-state index in [1.54, 1.807) is 0 Å². The molecule has 1 amide bonds. The molecular formula is C19H26N2O. The minimum absolute atomic E-state index is 0.278. The van der Waals surface area contributed by atoms with Gasteiger partial charge in [0.25, 0.3) is 0 Å². The molecule has 3 atom stereocenters. The normalized spacial score (nSPS) is 32.0. The fraction of sp³-hybridized carbons (Fsp3) is 0.632. The van der Waals surface area contributed by atoms with Crippen LogP contribution in [0.1, 0.15) is 50.5 Å². The zero-order valence-electron chi connectivity index (χ0n) is 13.5. The molecule has 1 unspecified atom stereocenters. The lowest BCUT2D eigenvalue weighted by molar-refractivity contribution is -0.117. The quantitative estimate of drug-likeness (QED) is 0.850. The van der Waals surface area contributed by atoms with E-state index in [9.17, 15) is 4.79 Å². The van der Waals surface area contributed by atoms with Crippen molar-refractivity contribution >= 4 is 11.6 Å². The van der Waals surface area contributed by atoms with Crippen molar-refractivity contribution in [2.75, 3.05) is 24.5 Å². The maximum atomic E-state index is 11.8. The predicted molar refractivity (Wildman–Crippen MR) is 89.1 cm³/mol. The van der Waals surface area contributed by atoms with Crippen LogP contribution in [0, 0.1) is 5.92 Å². The Morgan fingerprint density at radius 3 is 2.59 bits per heavy atom. The average Bonchev–Trinajstić information content (AvgIpc) is 2.97. The molecule has 0 N–H and O–H groups in total. The van der Waals surface area contributed by atoms with Crippen LogP contribution in [0.25, 0.3) is 0 Å². The van der Waals surface area contributed by atoms with Crippen LogP contribution in [-0.4, -0.2) is 36.5 Å². The smallest absolute Gasteiger partial charge is 0.227 e. The van der Waals surface area contributed by atoms with Crippen LogP contribution < -0.4 is 4.90 Å². The van der Waals surface area contributed by atoms with Gasteiger partial charge in [0.05, 0.1) is 0 Å². The van der Waals surface area contributed by atoms with Gasteiger partial charge in [-0.2, -0.15) is 0 Å². The SMILES string of the molecule is C[C@H]1CCCN1CC1C[C@@H]1c1ccc(N2CCCC2=O)cc1. The van der Waals surface area contributed by atoms with Crippen molar-refractivity contribution in [3.05, 3.63) is 29.8 Å².